The molecule has 11 rings (SSSR count). The molecule has 47 heavy (non-hydrogen) atoms. The molecule has 0 unspecified atom stereocenters. The topological polar surface area (TPSA) is 52.9 Å². The molecule has 0 saturated heterocycles. The number of fused-ring (bicyclic) bond motifs is 16. The Bertz CT molecular complexity index is 3060. The van der Waals surface area contributed by atoms with Crippen molar-refractivity contribution in [2.24, 2.45) is 0 Å². The Labute approximate surface area is 267 Å². The molecule has 6 aromatic heterocycles. The van der Waals surface area contributed by atoms with Crippen molar-refractivity contribution >= 4 is 82.0 Å². The van der Waals surface area contributed by atoms with Crippen LogP contribution in [0, 0.1) is 0 Å². The van der Waals surface area contributed by atoms with Crippen molar-refractivity contribution in [3.05, 3.63) is 146 Å². The van der Waals surface area contributed by atoms with E-state index in [9.17, 15) is 0 Å². The Balaban J connectivity index is 1.47. The van der Waals surface area contributed by atoms with Gasteiger partial charge < -0.3 is 9.13 Å². The quantitative estimate of drug-likeness (QED) is 0.186. The lowest BCUT2D eigenvalue weighted by molar-refractivity contribution is 1.15. The molecule has 0 amide bonds. The van der Waals surface area contributed by atoms with Gasteiger partial charge in [-0.25, -0.2) is 4.98 Å². The molecule has 0 atom stereocenters. The van der Waals surface area contributed by atoms with Gasteiger partial charge in [0.25, 0.3) is 0 Å². The number of rotatable bonds is 2. The molecule has 0 saturated carbocycles. The predicted molar refractivity (Wildman–Crippen MR) is 192 cm³/mol. The van der Waals surface area contributed by atoms with Crippen LogP contribution in [0.5, 0.6) is 0 Å². The molecule has 0 aliphatic heterocycles. The standard InChI is InChI=1S/C41H24N6/c1-3-9-25(10-4-1)45-33-14-8-7-13-27(33)29-15-16-30-37-35(46(40(30)39(29)45)26-11-5-2-6-12-26)18-17-28-31-23-42-22-20-34(31)47-36-24-43-21-19-32(36)44-41(47)38(28)37/h1-24H. The third-order valence-corrected chi connectivity index (χ3v) is 9.77. The van der Waals surface area contributed by atoms with E-state index < -0.39 is 0 Å². The monoisotopic (exact) mass is 600 g/mol. The molecule has 11 aromatic rings. The van der Waals surface area contributed by atoms with Gasteiger partial charge in [-0.2, -0.15) is 0 Å². The van der Waals surface area contributed by atoms with Crippen LogP contribution in [0.4, 0.5) is 0 Å². The third kappa shape index (κ3) is 3.16. The first kappa shape index (κ1) is 24.8. The fourth-order valence-electron chi connectivity index (χ4n) is 7.91. The molecular weight excluding hydrogens is 576 g/mol. The highest BCUT2D eigenvalue weighted by molar-refractivity contribution is 6.33. The van der Waals surface area contributed by atoms with E-state index in [1.54, 1.807) is 0 Å². The van der Waals surface area contributed by atoms with Crippen LogP contribution in [0.25, 0.3) is 93.3 Å². The van der Waals surface area contributed by atoms with Crippen LogP contribution in [0.2, 0.25) is 0 Å². The number of imidazole rings is 1. The molecule has 0 aliphatic carbocycles. The Morgan fingerprint density at radius 1 is 0.404 bits per heavy atom. The fourth-order valence-corrected chi connectivity index (χ4v) is 7.91. The SMILES string of the molecule is c1ccc(-n2c3ccccc3c3ccc4c5c6c(ccc5n(-c5ccccc5)c4c32)c2cnccc2n2c3cnccc3nc62)cc1. The van der Waals surface area contributed by atoms with Crippen molar-refractivity contribution in [3.63, 3.8) is 0 Å². The van der Waals surface area contributed by atoms with Gasteiger partial charge >= 0.3 is 0 Å². The summed E-state index contributed by atoms with van der Waals surface area (Å²) in [5, 5.41) is 8.13. The number of hydrogen-bond acceptors (Lipinski definition) is 3. The third-order valence-electron chi connectivity index (χ3n) is 9.77. The van der Waals surface area contributed by atoms with Crippen molar-refractivity contribution in [1.29, 1.82) is 0 Å². The average Bonchev–Trinajstić information content (AvgIpc) is 3.80. The van der Waals surface area contributed by atoms with Crippen LogP contribution >= 0.6 is 0 Å². The first-order valence-electron chi connectivity index (χ1n) is 15.8. The first-order chi connectivity index (χ1) is 23.4. The summed E-state index contributed by atoms with van der Waals surface area (Å²) in [5.74, 6) is 0. The van der Waals surface area contributed by atoms with E-state index in [2.05, 4.69) is 139 Å². The van der Waals surface area contributed by atoms with Crippen molar-refractivity contribution in [3.8, 4) is 11.4 Å². The van der Waals surface area contributed by atoms with Gasteiger partial charge in [0.2, 0.25) is 0 Å². The molecular formula is C41H24N6. The second kappa shape index (κ2) is 9.02. The van der Waals surface area contributed by atoms with Crippen LogP contribution in [-0.4, -0.2) is 28.5 Å². The highest BCUT2D eigenvalue weighted by atomic mass is 15.1. The molecule has 0 fully saturated rings. The van der Waals surface area contributed by atoms with Gasteiger partial charge in [0.05, 0.1) is 44.8 Å². The van der Waals surface area contributed by atoms with E-state index in [1.165, 1.54) is 38.1 Å². The number of aromatic nitrogens is 6. The van der Waals surface area contributed by atoms with Gasteiger partial charge in [-0.15, -0.1) is 0 Å². The van der Waals surface area contributed by atoms with E-state index in [4.69, 9.17) is 4.98 Å². The van der Waals surface area contributed by atoms with Crippen molar-refractivity contribution < 1.29 is 0 Å². The van der Waals surface area contributed by atoms with Gasteiger partial charge in [0, 0.05) is 62.3 Å². The van der Waals surface area contributed by atoms with Gasteiger partial charge in [-0.3, -0.25) is 14.4 Å². The second-order valence-electron chi connectivity index (χ2n) is 12.1. The molecule has 0 bridgehead atoms. The maximum atomic E-state index is 5.28. The van der Waals surface area contributed by atoms with Gasteiger partial charge in [0.15, 0.2) is 0 Å². The maximum absolute atomic E-state index is 5.28. The van der Waals surface area contributed by atoms with Crippen LogP contribution in [-0.2, 0) is 0 Å². The number of pyridine rings is 3. The van der Waals surface area contributed by atoms with Crippen LogP contribution < -0.4 is 0 Å². The molecule has 6 heterocycles. The van der Waals surface area contributed by atoms with E-state index in [0.29, 0.717) is 0 Å². The van der Waals surface area contributed by atoms with E-state index in [-0.39, 0.29) is 0 Å². The summed E-state index contributed by atoms with van der Waals surface area (Å²) in [6.07, 6.45) is 7.56. The highest BCUT2D eigenvalue weighted by Crippen LogP contribution is 2.45. The largest absolute Gasteiger partial charge is 0.307 e. The molecule has 218 valence electrons. The maximum Gasteiger partial charge on any atom is 0.147 e. The molecule has 0 radical (unpaired) electrons. The minimum atomic E-state index is 0.918. The van der Waals surface area contributed by atoms with Crippen molar-refractivity contribution in [2.75, 3.05) is 0 Å². The lowest BCUT2D eigenvalue weighted by Crippen LogP contribution is -1.98. The Morgan fingerprint density at radius 3 is 1.89 bits per heavy atom. The van der Waals surface area contributed by atoms with Gasteiger partial charge in [-0.1, -0.05) is 72.8 Å². The number of hydrogen-bond donors (Lipinski definition) is 0. The van der Waals surface area contributed by atoms with Gasteiger partial charge in [0.1, 0.15) is 5.65 Å². The van der Waals surface area contributed by atoms with E-state index in [1.807, 2.05) is 30.9 Å². The van der Waals surface area contributed by atoms with E-state index in [0.717, 1.165) is 55.2 Å². The molecule has 0 aliphatic rings. The lowest BCUT2D eigenvalue weighted by atomic mass is 10.0. The van der Waals surface area contributed by atoms with Gasteiger partial charge in [-0.05, 0) is 53.9 Å². The first-order valence-corrected chi connectivity index (χ1v) is 15.8. The molecule has 0 spiro atoms. The summed E-state index contributed by atoms with van der Waals surface area (Å²) in [6, 6.07) is 43.4. The van der Waals surface area contributed by atoms with Crippen LogP contribution in [0.3, 0.4) is 0 Å². The minimum absolute atomic E-state index is 0.918. The zero-order valence-corrected chi connectivity index (χ0v) is 25.0. The predicted octanol–water partition coefficient (Wildman–Crippen LogP) is 9.78. The molecule has 6 nitrogen and oxygen atoms in total. The summed E-state index contributed by atoms with van der Waals surface area (Å²) in [5.41, 5.74) is 10.8. The minimum Gasteiger partial charge on any atom is -0.307 e. The number of para-hydroxylation sites is 3. The average molecular weight is 601 g/mol. The fraction of sp³-hybridized carbons (Fsp3) is 0. The smallest absolute Gasteiger partial charge is 0.147 e. The summed E-state index contributed by atoms with van der Waals surface area (Å²) >= 11 is 0. The summed E-state index contributed by atoms with van der Waals surface area (Å²) in [7, 11) is 0. The number of nitrogens with zero attached hydrogens (tertiary/aromatic N) is 6. The zero-order valence-electron chi connectivity index (χ0n) is 25.0. The molecule has 0 N–H and O–H groups in total. The van der Waals surface area contributed by atoms with Crippen LogP contribution in [0.15, 0.2) is 146 Å². The molecule has 6 heteroatoms. The Hall–Kier alpha value is -6.53. The van der Waals surface area contributed by atoms with E-state index >= 15 is 0 Å². The summed E-state index contributed by atoms with van der Waals surface area (Å²) in [6.45, 7) is 0. The molecule has 5 aromatic carbocycles. The lowest BCUT2D eigenvalue weighted by Gasteiger charge is -2.12. The highest BCUT2D eigenvalue weighted by Gasteiger charge is 2.24. The van der Waals surface area contributed by atoms with Crippen molar-refractivity contribution in [1.82, 2.24) is 28.5 Å². The summed E-state index contributed by atoms with van der Waals surface area (Å²) < 4.78 is 7.13. The van der Waals surface area contributed by atoms with Crippen molar-refractivity contribution in [2.45, 2.75) is 0 Å². The second-order valence-corrected chi connectivity index (χ2v) is 12.1. The number of benzene rings is 5. The van der Waals surface area contributed by atoms with Crippen LogP contribution in [0.1, 0.15) is 0 Å². The Morgan fingerprint density at radius 2 is 1.06 bits per heavy atom. The zero-order chi connectivity index (χ0) is 30.6. The Kier molecular flexibility index (Phi) is 4.75. The summed E-state index contributed by atoms with van der Waals surface area (Å²) in [4.78, 5) is 14.4. The normalized spacial score (nSPS) is 12.3.